The maximum Gasteiger partial charge on any atom is 0.306 e. The Bertz CT molecular complexity index is 1370. The van der Waals surface area contributed by atoms with Gasteiger partial charge in [0.25, 0.3) is 0 Å². The van der Waals surface area contributed by atoms with Crippen LogP contribution in [0, 0.1) is 0 Å². The molecule has 0 radical (unpaired) electrons. The van der Waals surface area contributed by atoms with Crippen LogP contribution in [-0.4, -0.2) is 37.2 Å². The highest BCUT2D eigenvalue weighted by atomic mass is 16.6. The van der Waals surface area contributed by atoms with Gasteiger partial charge in [0, 0.05) is 19.3 Å². The molecule has 0 bridgehead atoms. The van der Waals surface area contributed by atoms with Gasteiger partial charge >= 0.3 is 17.9 Å². The van der Waals surface area contributed by atoms with Gasteiger partial charge in [-0.2, -0.15) is 0 Å². The lowest BCUT2D eigenvalue weighted by Crippen LogP contribution is -2.30. The summed E-state index contributed by atoms with van der Waals surface area (Å²) >= 11 is 0. The summed E-state index contributed by atoms with van der Waals surface area (Å²) in [5.41, 5.74) is 0. The molecule has 0 amide bonds. The summed E-state index contributed by atoms with van der Waals surface area (Å²) in [7, 11) is 0. The first kappa shape index (κ1) is 62.1. The van der Waals surface area contributed by atoms with Crippen LogP contribution in [0.15, 0.2) is 109 Å². The molecule has 0 fully saturated rings. The Morgan fingerprint density at radius 1 is 0.333 bits per heavy atom. The van der Waals surface area contributed by atoms with Crippen molar-refractivity contribution in [3.05, 3.63) is 109 Å². The fourth-order valence-corrected chi connectivity index (χ4v) is 6.97. The summed E-state index contributed by atoms with van der Waals surface area (Å²) in [6, 6.07) is 0. The van der Waals surface area contributed by atoms with E-state index in [1.165, 1.54) is 77.0 Å². The monoisotopic (exact) mass is 915 g/mol. The van der Waals surface area contributed by atoms with E-state index in [4.69, 9.17) is 14.2 Å². The van der Waals surface area contributed by atoms with Gasteiger partial charge in [-0.05, 0) is 116 Å². The Morgan fingerprint density at radius 2 is 0.652 bits per heavy atom. The minimum Gasteiger partial charge on any atom is -0.462 e. The average molecular weight is 915 g/mol. The third-order valence-corrected chi connectivity index (χ3v) is 11.0. The lowest BCUT2D eigenvalue weighted by molar-refractivity contribution is -0.167. The first-order chi connectivity index (χ1) is 32.5. The molecule has 0 rings (SSSR count). The largest absolute Gasteiger partial charge is 0.462 e. The van der Waals surface area contributed by atoms with Crippen LogP contribution in [0.25, 0.3) is 0 Å². The second-order valence-corrected chi connectivity index (χ2v) is 17.4. The first-order valence-electron chi connectivity index (χ1n) is 26.9. The zero-order valence-electron chi connectivity index (χ0n) is 42.7. The molecule has 0 aromatic rings. The molecule has 0 aromatic carbocycles. The first-order valence-corrected chi connectivity index (χ1v) is 26.9. The number of carbonyl (C=O) groups is 3. The fourth-order valence-electron chi connectivity index (χ4n) is 6.97. The van der Waals surface area contributed by atoms with E-state index >= 15 is 0 Å². The lowest BCUT2D eigenvalue weighted by atomic mass is 10.1. The molecule has 0 saturated carbocycles. The van der Waals surface area contributed by atoms with Gasteiger partial charge in [0.2, 0.25) is 0 Å². The van der Waals surface area contributed by atoms with Crippen LogP contribution in [0.3, 0.4) is 0 Å². The van der Waals surface area contributed by atoms with Gasteiger partial charge in [0.15, 0.2) is 6.10 Å². The van der Waals surface area contributed by atoms with Crippen molar-refractivity contribution in [2.45, 2.75) is 239 Å². The number of esters is 3. The number of ether oxygens (including phenoxy) is 3. The Hall–Kier alpha value is -3.93. The van der Waals surface area contributed by atoms with Crippen LogP contribution in [0.4, 0.5) is 0 Å². The lowest BCUT2D eigenvalue weighted by Gasteiger charge is -2.18. The van der Waals surface area contributed by atoms with Crippen molar-refractivity contribution in [3.63, 3.8) is 0 Å². The van der Waals surface area contributed by atoms with Gasteiger partial charge in [-0.25, -0.2) is 0 Å². The summed E-state index contributed by atoms with van der Waals surface area (Å²) in [6.45, 7) is 6.39. The number of unbranched alkanes of at least 4 members (excludes halogenated alkanes) is 19. The van der Waals surface area contributed by atoms with E-state index in [1.807, 2.05) is 0 Å². The van der Waals surface area contributed by atoms with Gasteiger partial charge in [0.1, 0.15) is 13.2 Å². The van der Waals surface area contributed by atoms with Gasteiger partial charge in [0.05, 0.1) is 0 Å². The highest BCUT2D eigenvalue weighted by molar-refractivity contribution is 5.71. The molecule has 0 saturated heterocycles. The maximum atomic E-state index is 12.8. The number of allylic oxidation sites excluding steroid dienone is 18. The Balaban J connectivity index is 4.53. The predicted octanol–water partition coefficient (Wildman–Crippen LogP) is 17.9. The summed E-state index contributed by atoms with van der Waals surface area (Å²) in [5.74, 6) is -0.994. The molecule has 66 heavy (non-hydrogen) atoms. The minimum absolute atomic E-state index is 0.109. The van der Waals surface area contributed by atoms with Gasteiger partial charge in [-0.3, -0.25) is 14.4 Å². The molecule has 0 aliphatic rings. The van der Waals surface area contributed by atoms with Crippen LogP contribution in [0.2, 0.25) is 0 Å². The molecule has 374 valence electrons. The van der Waals surface area contributed by atoms with Gasteiger partial charge in [-0.1, -0.05) is 207 Å². The molecule has 6 nitrogen and oxygen atoms in total. The van der Waals surface area contributed by atoms with Crippen molar-refractivity contribution in [1.29, 1.82) is 0 Å². The van der Waals surface area contributed by atoms with Crippen molar-refractivity contribution in [3.8, 4) is 0 Å². The normalized spacial score (nSPS) is 13.0. The Kier molecular flexibility index (Phi) is 50.5. The molecular weight excluding hydrogens is 817 g/mol. The molecule has 0 aromatic heterocycles. The van der Waals surface area contributed by atoms with Crippen molar-refractivity contribution in [1.82, 2.24) is 0 Å². The van der Waals surface area contributed by atoms with E-state index < -0.39 is 6.10 Å². The summed E-state index contributed by atoms with van der Waals surface area (Å²) in [5, 5.41) is 0. The number of rotatable bonds is 47. The van der Waals surface area contributed by atoms with Crippen LogP contribution in [0.1, 0.15) is 233 Å². The zero-order valence-corrected chi connectivity index (χ0v) is 42.7. The van der Waals surface area contributed by atoms with Crippen LogP contribution < -0.4 is 0 Å². The SMILES string of the molecule is CC/C=C\C/C=C\C/C=C\CCCCCCCCC(=O)OC(COC(=O)CCC/C=C\C/C=C\C/C=C\C/C=C\CCCCC)COC(=O)CCCCCCCC/C=C\C=C/CCCCC. The van der Waals surface area contributed by atoms with Gasteiger partial charge in [-0.15, -0.1) is 0 Å². The molecule has 0 heterocycles. The quantitative estimate of drug-likeness (QED) is 0.0199. The maximum absolute atomic E-state index is 12.8. The average Bonchev–Trinajstić information content (AvgIpc) is 3.31. The molecule has 0 N–H and O–H groups in total. The van der Waals surface area contributed by atoms with E-state index in [1.54, 1.807) is 0 Å². The standard InChI is InChI=1S/C60H98O6/c1-4-7-10-13-16-19-22-25-28-30-33-35-38-41-44-47-50-53-59(62)65-56-57(55-64-58(61)52-49-46-43-40-37-34-31-27-24-21-18-15-12-9-6-3)66-60(63)54-51-48-45-42-39-36-32-29-26-23-20-17-14-11-8-5-2/h8,11,16-21,24-29,33,35,41,44,57H,4-7,9-10,12-15,22-23,30-32,34,36-40,42-43,45-56H2,1-3H3/b11-8-,19-16-,20-17-,21-18-,27-24-,28-25-,29-26-,35-33-,44-41-. The number of carbonyl (C=O) groups excluding carboxylic acids is 3. The predicted molar refractivity (Wildman–Crippen MR) is 283 cm³/mol. The Labute approximate surface area is 406 Å². The second-order valence-electron chi connectivity index (χ2n) is 17.4. The van der Waals surface area contributed by atoms with Crippen LogP contribution in [-0.2, 0) is 28.6 Å². The smallest absolute Gasteiger partial charge is 0.306 e. The van der Waals surface area contributed by atoms with Gasteiger partial charge < -0.3 is 14.2 Å². The highest BCUT2D eigenvalue weighted by Gasteiger charge is 2.19. The topological polar surface area (TPSA) is 78.9 Å². The molecule has 0 aliphatic carbocycles. The van der Waals surface area contributed by atoms with Crippen molar-refractivity contribution < 1.29 is 28.6 Å². The van der Waals surface area contributed by atoms with Crippen LogP contribution >= 0.6 is 0 Å². The molecule has 6 heteroatoms. The zero-order chi connectivity index (χ0) is 47.9. The van der Waals surface area contributed by atoms with Crippen molar-refractivity contribution >= 4 is 17.9 Å². The van der Waals surface area contributed by atoms with Crippen LogP contribution in [0.5, 0.6) is 0 Å². The van der Waals surface area contributed by atoms with E-state index in [9.17, 15) is 14.4 Å². The molecular formula is C60H98O6. The van der Waals surface area contributed by atoms with Crippen molar-refractivity contribution in [2.75, 3.05) is 13.2 Å². The molecule has 0 spiro atoms. The van der Waals surface area contributed by atoms with E-state index in [0.29, 0.717) is 19.3 Å². The molecule has 0 aliphatic heterocycles. The second kappa shape index (κ2) is 53.7. The van der Waals surface area contributed by atoms with Crippen molar-refractivity contribution in [2.24, 2.45) is 0 Å². The Morgan fingerprint density at radius 3 is 1.08 bits per heavy atom. The number of hydrogen-bond donors (Lipinski definition) is 0. The summed E-state index contributed by atoms with van der Waals surface area (Å²) in [4.78, 5) is 38.0. The third kappa shape index (κ3) is 51.1. The molecule has 1 unspecified atom stereocenters. The fraction of sp³-hybridized carbons (Fsp3) is 0.650. The minimum atomic E-state index is -0.814. The van der Waals surface area contributed by atoms with E-state index in [-0.39, 0.29) is 37.5 Å². The van der Waals surface area contributed by atoms with E-state index in [2.05, 4.69) is 130 Å². The van der Waals surface area contributed by atoms with E-state index in [0.717, 1.165) is 109 Å². The number of hydrogen-bond acceptors (Lipinski definition) is 6. The summed E-state index contributed by atoms with van der Waals surface area (Å²) in [6.07, 6.45) is 72.1. The molecule has 1 atom stereocenters. The third-order valence-electron chi connectivity index (χ3n) is 11.0. The summed E-state index contributed by atoms with van der Waals surface area (Å²) < 4.78 is 16.8. The highest BCUT2D eigenvalue weighted by Crippen LogP contribution is 2.13.